The predicted molar refractivity (Wildman–Crippen MR) is 59.8 cm³/mol. The van der Waals surface area contributed by atoms with E-state index in [1.807, 2.05) is 24.3 Å². The Labute approximate surface area is 91.7 Å². The molecule has 1 aromatic carbocycles. The molecule has 2 nitrogen and oxygen atoms in total. The van der Waals surface area contributed by atoms with Gasteiger partial charge in [0.2, 0.25) is 0 Å². The fourth-order valence-corrected chi connectivity index (χ4v) is 1.16. The molecule has 1 aromatic rings. The zero-order valence-corrected chi connectivity index (χ0v) is 9.50. The van der Waals surface area contributed by atoms with Crippen molar-refractivity contribution in [1.82, 2.24) is 0 Å². The Balaban J connectivity index is 2.69. The SMILES string of the molecule is C=C(Br)C(=O)Cc1ccc(OC)cc1. The Morgan fingerprint density at radius 3 is 2.43 bits per heavy atom. The number of hydrogen-bond acceptors (Lipinski definition) is 2. The van der Waals surface area contributed by atoms with Crippen molar-refractivity contribution < 1.29 is 9.53 Å². The summed E-state index contributed by atoms with van der Waals surface area (Å²) >= 11 is 3.06. The third kappa shape index (κ3) is 3.00. The van der Waals surface area contributed by atoms with Crippen LogP contribution in [-0.2, 0) is 11.2 Å². The second-order valence-corrected chi connectivity index (χ2v) is 3.81. The van der Waals surface area contributed by atoms with Gasteiger partial charge in [0.25, 0.3) is 0 Å². The molecule has 0 spiro atoms. The summed E-state index contributed by atoms with van der Waals surface area (Å²) in [6.45, 7) is 3.53. The average molecular weight is 255 g/mol. The smallest absolute Gasteiger partial charge is 0.173 e. The van der Waals surface area contributed by atoms with Crippen molar-refractivity contribution in [3.63, 3.8) is 0 Å². The lowest BCUT2D eigenvalue weighted by Gasteiger charge is -2.02. The predicted octanol–water partition coefficient (Wildman–Crippen LogP) is 2.72. The quantitative estimate of drug-likeness (QED) is 0.773. The van der Waals surface area contributed by atoms with Gasteiger partial charge < -0.3 is 4.74 Å². The van der Waals surface area contributed by atoms with Gasteiger partial charge in [-0.3, -0.25) is 4.79 Å². The van der Waals surface area contributed by atoms with Crippen LogP contribution in [0.5, 0.6) is 5.75 Å². The molecule has 0 atom stereocenters. The highest BCUT2D eigenvalue weighted by Crippen LogP contribution is 2.14. The number of halogens is 1. The van der Waals surface area contributed by atoms with Gasteiger partial charge in [-0.25, -0.2) is 0 Å². The number of Topliss-reactive ketones (excluding diaryl/α,β-unsaturated/α-hetero) is 1. The molecule has 0 unspecified atom stereocenters. The molecule has 0 saturated carbocycles. The topological polar surface area (TPSA) is 26.3 Å². The number of carbonyl (C=O) groups excluding carboxylic acids is 1. The van der Waals surface area contributed by atoms with Crippen molar-refractivity contribution in [2.24, 2.45) is 0 Å². The minimum Gasteiger partial charge on any atom is -0.497 e. The van der Waals surface area contributed by atoms with Crippen LogP contribution < -0.4 is 4.74 Å². The molecule has 0 saturated heterocycles. The largest absolute Gasteiger partial charge is 0.497 e. The summed E-state index contributed by atoms with van der Waals surface area (Å²) in [4.78, 5) is 11.3. The minimum atomic E-state index is -0.00448. The van der Waals surface area contributed by atoms with E-state index in [0.717, 1.165) is 11.3 Å². The standard InChI is InChI=1S/C11H11BrO2/c1-8(12)11(13)7-9-3-5-10(14-2)6-4-9/h3-6H,1,7H2,2H3. The van der Waals surface area contributed by atoms with Crippen LogP contribution in [0.1, 0.15) is 5.56 Å². The molecule has 1 rings (SSSR count). The highest BCUT2D eigenvalue weighted by atomic mass is 79.9. The first kappa shape index (κ1) is 11.0. The molecule has 14 heavy (non-hydrogen) atoms. The van der Waals surface area contributed by atoms with Gasteiger partial charge in [0.1, 0.15) is 5.75 Å². The first-order chi connectivity index (χ1) is 6.63. The van der Waals surface area contributed by atoms with Crippen molar-refractivity contribution in [3.8, 4) is 5.75 Å². The monoisotopic (exact) mass is 254 g/mol. The molecule has 0 aliphatic heterocycles. The first-order valence-electron chi connectivity index (χ1n) is 4.14. The zero-order chi connectivity index (χ0) is 10.6. The van der Waals surface area contributed by atoms with Crippen molar-refractivity contribution in [1.29, 1.82) is 0 Å². The number of benzene rings is 1. The van der Waals surface area contributed by atoms with Gasteiger partial charge >= 0.3 is 0 Å². The Hall–Kier alpha value is -1.09. The van der Waals surface area contributed by atoms with E-state index >= 15 is 0 Å². The number of methoxy groups -OCH3 is 1. The average Bonchev–Trinajstić information content (AvgIpc) is 2.19. The molecule has 0 aromatic heterocycles. The maximum atomic E-state index is 11.3. The van der Waals surface area contributed by atoms with E-state index in [9.17, 15) is 4.79 Å². The van der Waals surface area contributed by atoms with E-state index in [4.69, 9.17) is 4.74 Å². The van der Waals surface area contributed by atoms with Crippen LogP contribution >= 0.6 is 15.9 Å². The summed E-state index contributed by atoms with van der Waals surface area (Å²) < 4.78 is 5.42. The summed E-state index contributed by atoms with van der Waals surface area (Å²) in [5.74, 6) is 0.786. The molecular weight excluding hydrogens is 244 g/mol. The molecule has 0 fully saturated rings. The van der Waals surface area contributed by atoms with Crippen LogP contribution in [0.4, 0.5) is 0 Å². The molecule has 0 radical (unpaired) electrons. The molecule has 3 heteroatoms. The lowest BCUT2D eigenvalue weighted by atomic mass is 10.1. The molecule has 0 aliphatic rings. The van der Waals surface area contributed by atoms with E-state index < -0.39 is 0 Å². The van der Waals surface area contributed by atoms with Gasteiger partial charge in [-0.05, 0) is 33.6 Å². The highest BCUT2D eigenvalue weighted by molar-refractivity contribution is 9.12. The van der Waals surface area contributed by atoms with E-state index in [-0.39, 0.29) is 5.78 Å². The van der Waals surface area contributed by atoms with Gasteiger partial charge in [-0.2, -0.15) is 0 Å². The number of ether oxygens (including phenoxy) is 1. The Morgan fingerprint density at radius 1 is 1.43 bits per heavy atom. The summed E-state index contributed by atoms with van der Waals surface area (Å²) in [6, 6.07) is 7.40. The third-order valence-electron chi connectivity index (χ3n) is 1.83. The van der Waals surface area contributed by atoms with E-state index in [1.54, 1.807) is 7.11 Å². The van der Waals surface area contributed by atoms with Gasteiger partial charge in [0, 0.05) is 6.42 Å². The van der Waals surface area contributed by atoms with Gasteiger partial charge in [-0.1, -0.05) is 18.7 Å². The van der Waals surface area contributed by atoms with Gasteiger partial charge in [0.05, 0.1) is 11.6 Å². The number of rotatable bonds is 4. The third-order valence-corrected chi connectivity index (χ3v) is 2.27. The van der Waals surface area contributed by atoms with E-state index in [1.165, 1.54) is 0 Å². The number of ketones is 1. The van der Waals surface area contributed by atoms with Crippen molar-refractivity contribution in [2.75, 3.05) is 7.11 Å². The van der Waals surface area contributed by atoms with Crippen molar-refractivity contribution in [3.05, 3.63) is 40.9 Å². The fraction of sp³-hybridized carbons (Fsp3) is 0.182. The van der Waals surface area contributed by atoms with Gasteiger partial charge in [-0.15, -0.1) is 0 Å². The highest BCUT2D eigenvalue weighted by Gasteiger charge is 2.05. The van der Waals surface area contributed by atoms with Crippen molar-refractivity contribution in [2.45, 2.75) is 6.42 Å². The normalized spacial score (nSPS) is 9.57. The summed E-state index contributed by atoms with van der Waals surface area (Å²) in [7, 11) is 1.61. The van der Waals surface area contributed by atoms with Gasteiger partial charge in [0.15, 0.2) is 5.78 Å². The lowest BCUT2D eigenvalue weighted by Crippen LogP contribution is -2.01. The van der Waals surface area contributed by atoms with Crippen LogP contribution in [0.3, 0.4) is 0 Å². The minimum absolute atomic E-state index is 0.00448. The van der Waals surface area contributed by atoms with Crippen LogP contribution in [0.25, 0.3) is 0 Å². The van der Waals surface area contributed by atoms with E-state index in [2.05, 4.69) is 22.5 Å². The summed E-state index contributed by atoms with van der Waals surface area (Å²) in [5, 5.41) is 0. The van der Waals surface area contributed by atoms with Crippen molar-refractivity contribution >= 4 is 21.7 Å². The maximum absolute atomic E-state index is 11.3. The molecule has 0 bridgehead atoms. The molecule has 0 aliphatic carbocycles. The van der Waals surface area contributed by atoms with Crippen LogP contribution in [0.15, 0.2) is 35.3 Å². The molecule has 0 amide bonds. The second-order valence-electron chi connectivity index (χ2n) is 2.85. The summed E-state index contributed by atoms with van der Waals surface area (Å²) in [6.07, 6.45) is 0.369. The Morgan fingerprint density at radius 2 is 2.00 bits per heavy atom. The lowest BCUT2D eigenvalue weighted by molar-refractivity contribution is -0.114. The maximum Gasteiger partial charge on any atom is 0.173 e. The van der Waals surface area contributed by atoms with Crippen LogP contribution in [-0.4, -0.2) is 12.9 Å². The number of hydrogen-bond donors (Lipinski definition) is 0. The first-order valence-corrected chi connectivity index (χ1v) is 4.93. The second kappa shape index (κ2) is 4.96. The molecular formula is C11H11BrO2. The van der Waals surface area contributed by atoms with Crippen LogP contribution in [0, 0.1) is 0 Å². The molecule has 74 valence electrons. The number of carbonyl (C=O) groups is 1. The Bertz CT molecular complexity index is 341. The zero-order valence-electron chi connectivity index (χ0n) is 7.92. The van der Waals surface area contributed by atoms with Crippen LogP contribution in [0.2, 0.25) is 0 Å². The molecule has 0 heterocycles. The Kier molecular flexibility index (Phi) is 3.89. The fourth-order valence-electron chi connectivity index (χ4n) is 1.02. The summed E-state index contributed by atoms with van der Waals surface area (Å²) in [5.41, 5.74) is 0.955. The number of allylic oxidation sites excluding steroid dienone is 1. The molecule has 0 N–H and O–H groups in total. The van der Waals surface area contributed by atoms with E-state index in [0.29, 0.717) is 10.9 Å².